The zero-order valence-electron chi connectivity index (χ0n) is 9.30. The summed E-state index contributed by atoms with van der Waals surface area (Å²) < 4.78 is 5.23. The molecule has 0 atom stereocenters. The van der Waals surface area contributed by atoms with E-state index < -0.39 is 0 Å². The third kappa shape index (κ3) is 2.51. The minimum absolute atomic E-state index is 0.580. The summed E-state index contributed by atoms with van der Waals surface area (Å²) in [6, 6.07) is 0. The average molecular weight is 251 g/mol. The van der Waals surface area contributed by atoms with Crippen molar-refractivity contribution in [3.63, 3.8) is 0 Å². The van der Waals surface area contributed by atoms with Crippen molar-refractivity contribution in [2.75, 3.05) is 26.2 Å². The van der Waals surface area contributed by atoms with Crippen molar-refractivity contribution >= 4 is 11.3 Å². The molecule has 1 aliphatic rings. The predicted molar refractivity (Wildman–Crippen MR) is 63.6 cm³/mol. The lowest BCUT2D eigenvalue weighted by molar-refractivity contribution is 0.203. The van der Waals surface area contributed by atoms with Crippen LogP contribution >= 0.6 is 11.3 Å². The molecule has 1 aliphatic heterocycles. The Bertz CT molecular complexity index is 463. The van der Waals surface area contributed by atoms with Gasteiger partial charge in [-0.25, -0.2) is 4.98 Å². The number of hydrogen-bond donors (Lipinski definition) is 1. The molecule has 1 fully saturated rings. The summed E-state index contributed by atoms with van der Waals surface area (Å²) in [7, 11) is 0. The molecule has 0 aliphatic carbocycles. The summed E-state index contributed by atoms with van der Waals surface area (Å²) in [4.78, 5) is 10.8. The summed E-state index contributed by atoms with van der Waals surface area (Å²) >= 11 is 1.53. The number of nitrogens with one attached hydrogen (secondary N) is 1. The van der Waals surface area contributed by atoms with Gasteiger partial charge in [0.25, 0.3) is 0 Å². The zero-order chi connectivity index (χ0) is 11.5. The van der Waals surface area contributed by atoms with Gasteiger partial charge in [0.05, 0.1) is 12.1 Å². The van der Waals surface area contributed by atoms with Crippen LogP contribution in [0, 0.1) is 0 Å². The lowest BCUT2D eigenvalue weighted by atomic mass is 10.3. The first-order valence-corrected chi connectivity index (χ1v) is 6.50. The van der Waals surface area contributed by atoms with Gasteiger partial charge >= 0.3 is 0 Å². The molecule has 1 N–H and O–H groups in total. The topological polar surface area (TPSA) is 67.1 Å². The molecule has 2 aromatic rings. The molecule has 0 saturated carbocycles. The number of aromatic nitrogens is 3. The molecule has 0 spiro atoms. The highest BCUT2D eigenvalue weighted by Crippen LogP contribution is 2.15. The van der Waals surface area contributed by atoms with Crippen molar-refractivity contribution in [3.05, 3.63) is 16.8 Å². The van der Waals surface area contributed by atoms with Crippen LogP contribution in [0.3, 0.4) is 0 Å². The van der Waals surface area contributed by atoms with Crippen molar-refractivity contribution in [2.45, 2.75) is 6.54 Å². The maximum absolute atomic E-state index is 5.23. The maximum Gasteiger partial charge on any atom is 0.241 e. The van der Waals surface area contributed by atoms with E-state index in [-0.39, 0.29) is 0 Å². The van der Waals surface area contributed by atoms with Crippen LogP contribution in [-0.4, -0.2) is 46.2 Å². The van der Waals surface area contributed by atoms with Crippen molar-refractivity contribution in [3.8, 4) is 11.5 Å². The van der Waals surface area contributed by atoms with Crippen LogP contribution in [0.1, 0.15) is 5.89 Å². The molecular weight excluding hydrogens is 238 g/mol. The van der Waals surface area contributed by atoms with Gasteiger partial charge in [0.1, 0.15) is 5.69 Å². The highest BCUT2D eigenvalue weighted by atomic mass is 32.1. The van der Waals surface area contributed by atoms with Crippen LogP contribution < -0.4 is 5.32 Å². The van der Waals surface area contributed by atoms with Crippen molar-refractivity contribution in [1.29, 1.82) is 0 Å². The van der Waals surface area contributed by atoms with Gasteiger partial charge in [-0.3, -0.25) is 4.90 Å². The van der Waals surface area contributed by atoms with Crippen LogP contribution in [0.2, 0.25) is 0 Å². The van der Waals surface area contributed by atoms with Gasteiger partial charge in [-0.2, -0.15) is 4.98 Å². The molecule has 3 heterocycles. The predicted octanol–water partition coefficient (Wildman–Crippen LogP) is 0.598. The Kier molecular flexibility index (Phi) is 3.12. The molecular formula is C10H13N5OS. The Morgan fingerprint density at radius 2 is 2.29 bits per heavy atom. The second kappa shape index (κ2) is 4.91. The van der Waals surface area contributed by atoms with Crippen LogP contribution in [-0.2, 0) is 6.54 Å². The van der Waals surface area contributed by atoms with Gasteiger partial charge < -0.3 is 9.84 Å². The second-order valence-electron chi connectivity index (χ2n) is 3.91. The van der Waals surface area contributed by atoms with E-state index >= 15 is 0 Å². The first-order valence-electron chi connectivity index (χ1n) is 5.56. The molecule has 7 heteroatoms. The summed E-state index contributed by atoms with van der Waals surface area (Å²) in [5.74, 6) is 1.24. The summed E-state index contributed by atoms with van der Waals surface area (Å²) in [5.41, 5.74) is 2.55. The fourth-order valence-corrected chi connectivity index (χ4v) is 2.34. The number of rotatable bonds is 3. The smallest absolute Gasteiger partial charge is 0.241 e. The monoisotopic (exact) mass is 251 g/mol. The molecule has 1 saturated heterocycles. The Hall–Kier alpha value is -1.31. The van der Waals surface area contributed by atoms with E-state index in [0.717, 1.165) is 38.4 Å². The number of piperazine rings is 1. The van der Waals surface area contributed by atoms with Gasteiger partial charge in [0.2, 0.25) is 11.7 Å². The lowest BCUT2D eigenvalue weighted by Gasteiger charge is -2.25. The third-order valence-electron chi connectivity index (χ3n) is 2.70. The lowest BCUT2D eigenvalue weighted by Crippen LogP contribution is -2.42. The normalized spacial score (nSPS) is 17.4. The Labute approximate surface area is 103 Å². The first kappa shape index (κ1) is 10.8. The molecule has 6 nitrogen and oxygen atoms in total. The van der Waals surface area contributed by atoms with Gasteiger partial charge in [-0.15, -0.1) is 11.3 Å². The van der Waals surface area contributed by atoms with Gasteiger partial charge in [-0.1, -0.05) is 5.16 Å². The van der Waals surface area contributed by atoms with Crippen molar-refractivity contribution in [1.82, 2.24) is 25.3 Å². The molecule has 0 radical (unpaired) electrons. The van der Waals surface area contributed by atoms with Gasteiger partial charge in [0.15, 0.2) is 0 Å². The van der Waals surface area contributed by atoms with Gasteiger partial charge in [0, 0.05) is 31.6 Å². The van der Waals surface area contributed by atoms with E-state index in [4.69, 9.17) is 4.52 Å². The van der Waals surface area contributed by atoms with E-state index in [1.807, 2.05) is 5.38 Å². The van der Waals surface area contributed by atoms with Gasteiger partial charge in [-0.05, 0) is 0 Å². The molecule has 0 unspecified atom stereocenters. The average Bonchev–Trinajstić information content (AvgIpc) is 3.00. The van der Waals surface area contributed by atoms with Crippen LogP contribution in [0.25, 0.3) is 11.5 Å². The van der Waals surface area contributed by atoms with Crippen molar-refractivity contribution < 1.29 is 4.52 Å². The Morgan fingerprint density at radius 3 is 3.06 bits per heavy atom. The summed E-state index contributed by atoms with van der Waals surface area (Å²) in [6.07, 6.45) is 0. The molecule has 2 aromatic heterocycles. The van der Waals surface area contributed by atoms with Crippen molar-refractivity contribution in [2.24, 2.45) is 0 Å². The molecule has 17 heavy (non-hydrogen) atoms. The van der Waals surface area contributed by atoms with Crippen LogP contribution in [0.4, 0.5) is 0 Å². The zero-order valence-corrected chi connectivity index (χ0v) is 10.1. The first-order chi connectivity index (χ1) is 8.42. The molecule has 0 bridgehead atoms. The number of thiazole rings is 1. The largest absolute Gasteiger partial charge is 0.337 e. The minimum atomic E-state index is 0.580. The van der Waals surface area contributed by atoms with E-state index in [2.05, 4.69) is 25.3 Å². The SMILES string of the molecule is c1nc(-c2noc(CN3CCNCC3)n2)cs1. The third-order valence-corrected chi connectivity index (χ3v) is 3.28. The number of hydrogen-bond acceptors (Lipinski definition) is 7. The van der Waals surface area contributed by atoms with E-state index in [1.165, 1.54) is 11.3 Å². The fourth-order valence-electron chi connectivity index (χ4n) is 1.81. The standard InChI is InChI=1S/C10H13N5OS/c1-3-15(4-2-11-1)5-9-13-10(14-16-9)8-6-17-7-12-8/h6-7,11H,1-5H2. The van der Waals surface area contributed by atoms with Crippen LogP contribution in [0.15, 0.2) is 15.4 Å². The fraction of sp³-hybridized carbons (Fsp3) is 0.500. The minimum Gasteiger partial charge on any atom is -0.337 e. The highest BCUT2D eigenvalue weighted by Gasteiger charge is 2.15. The van der Waals surface area contributed by atoms with E-state index in [0.29, 0.717) is 11.7 Å². The van der Waals surface area contributed by atoms with Crippen LogP contribution in [0.5, 0.6) is 0 Å². The van der Waals surface area contributed by atoms with E-state index in [1.54, 1.807) is 5.51 Å². The molecule has 90 valence electrons. The quantitative estimate of drug-likeness (QED) is 0.861. The Morgan fingerprint density at radius 1 is 1.41 bits per heavy atom. The van der Waals surface area contributed by atoms with E-state index in [9.17, 15) is 0 Å². The summed E-state index contributed by atoms with van der Waals surface area (Å²) in [5, 5.41) is 9.17. The molecule has 0 aromatic carbocycles. The maximum atomic E-state index is 5.23. The molecule has 3 rings (SSSR count). The molecule has 0 amide bonds. The highest BCUT2D eigenvalue weighted by molar-refractivity contribution is 7.07. The Balaban J connectivity index is 1.68. The summed E-state index contributed by atoms with van der Waals surface area (Å²) in [6.45, 7) is 4.81. The second-order valence-corrected chi connectivity index (χ2v) is 4.63. The number of nitrogens with zero attached hydrogens (tertiary/aromatic N) is 4.